The van der Waals surface area contributed by atoms with Gasteiger partial charge in [0.1, 0.15) is 0 Å². The summed E-state index contributed by atoms with van der Waals surface area (Å²) in [5.74, 6) is 1.33. The SMILES string of the molecule is CCC(C)C1COC(C)OC1. The Bertz CT molecular complexity index is 106. The number of rotatable bonds is 2. The maximum Gasteiger partial charge on any atom is 0.154 e. The predicted octanol–water partition coefficient (Wildman–Crippen LogP) is 2.04. The molecule has 0 aromatic heterocycles. The van der Waals surface area contributed by atoms with Gasteiger partial charge in [-0.15, -0.1) is 0 Å². The van der Waals surface area contributed by atoms with Crippen LogP contribution in [0.1, 0.15) is 27.2 Å². The van der Waals surface area contributed by atoms with E-state index in [1.54, 1.807) is 0 Å². The monoisotopic (exact) mass is 158 g/mol. The van der Waals surface area contributed by atoms with E-state index in [0.29, 0.717) is 5.92 Å². The van der Waals surface area contributed by atoms with Gasteiger partial charge >= 0.3 is 0 Å². The number of ether oxygens (including phenoxy) is 2. The third-order valence-electron chi connectivity index (χ3n) is 2.54. The van der Waals surface area contributed by atoms with E-state index >= 15 is 0 Å². The van der Waals surface area contributed by atoms with Crippen molar-refractivity contribution in [1.82, 2.24) is 0 Å². The van der Waals surface area contributed by atoms with E-state index in [1.807, 2.05) is 6.92 Å². The molecule has 0 amide bonds. The van der Waals surface area contributed by atoms with Crippen LogP contribution in [0.25, 0.3) is 0 Å². The van der Waals surface area contributed by atoms with Gasteiger partial charge in [-0.3, -0.25) is 0 Å². The summed E-state index contributed by atoms with van der Waals surface area (Å²) in [6, 6.07) is 0. The van der Waals surface area contributed by atoms with Crippen LogP contribution in [0.3, 0.4) is 0 Å². The summed E-state index contributed by atoms with van der Waals surface area (Å²) >= 11 is 0. The van der Waals surface area contributed by atoms with Crippen LogP contribution < -0.4 is 0 Å². The first-order chi connectivity index (χ1) is 5.24. The van der Waals surface area contributed by atoms with Crippen molar-refractivity contribution in [3.05, 3.63) is 0 Å². The molecule has 0 spiro atoms. The minimum absolute atomic E-state index is 0.00954. The Kier molecular flexibility index (Phi) is 3.34. The molecule has 1 saturated heterocycles. The zero-order valence-electron chi connectivity index (χ0n) is 7.67. The summed E-state index contributed by atoms with van der Waals surface area (Å²) in [4.78, 5) is 0. The Hall–Kier alpha value is -0.0800. The standard InChI is InChI=1S/C9H18O2/c1-4-7(2)9-5-10-8(3)11-6-9/h7-9H,4-6H2,1-3H3. The third-order valence-corrected chi connectivity index (χ3v) is 2.54. The van der Waals surface area contributed by atoms with Gasteiger partial charge in [0.2, 0.25) is 0 Å². The normalized spacial score (nSPS) is 35.2. The molecule has 1 aliphatic rings. The quantitative estimate of drug-likeness (QED) is 0.612. The van der Waals surface area contributed by atoms with Crippen LogP contribution >= 0.6 is 0 Å². The Morgan fingerprint density at radius 2 is 1.91 bits per heavy atom. The van der Waals surface area contributed by atoms with E-state index in [1.165, 1.54) is 6.42 Å². The topological polar surface area (TPSA) is 18.5 Å². The molecule has 0 N–H and O–H groups in total. The lowest BCUT2D eigenvalue weighted by molar-refractivity contribution is -0.197. The molecule has 66 valence electrons. The Balaban J connectivity index is 2.27. The van der Waals surface area contributed by atoms with E-state index in [9.17, 15) is 0 Å². The zero-order chi connectivity index (χ0) is 8.27. The van der Waals surface area contributed by atoms with Gasteiger partial charge in [0.15, 0.2) is 6.29 Å². The molecule has 0 radical (unpaired) electrons. The van der Waals surface area contributed by atoms with Gasteiger partial charge in [0, 0.05) is 5.92 Å². The van der Waals surface area contributed by atoms with E-state index in [4.69, 9.17) is 9.47 Å². The van der Waals surface area contributed by atoms with Crippen LogP contribution in [-0.2, 0) is 9.47 Å². The molecule has 2 nitrogen and oxygen atoms in total. The molecule has 0 aromatic carbocycles. The molecule has 11 heavy (non-hydrogen) atoms. The highest BCUT2D eigenvalue weighted by Crippen LogP contribution is 2.20. The third kappa shape index (κ3) is 2.46. The lowest BCUT2D eigenvalue weighted by Gasteiger charge is -2.30. The van der Waals surface area contributed by atoms with Gasteiger partial charge in [0.25, 0.3) is 0 Å². The van der Waals surface area contributed by atoms with Gasteiger partial charge < -0.3 is 9.47 Å². The van der Waals surface area contributed by atoms with Gasteiger partial charge in [0.05, 0.1) is 13.2 Å². The fourth-order valence-electron chi connectivity index (χ4n) is 1.28. The highest BCUT2D eigenvalue weighted by Gasteiger charge is 2.22. The highest BCUT2D eigenvalue weighted by molar-refractivity contribution is 4.67. The molecular weight excluding hydrogens is 140 g/mol. The minimum Gasteiger partial charge on any atom is -0.353 e. The van der Waals surface area contributed by atoms with E-state index < -0.39 is 0 Å². The molecule has 0 saturated carbocycles. The summed E-state index contributed by atoms with van der Waals surface area (Å²) in [6.45, 7) is 8.16. The van der Waals surface area contributed by atoms with Crippen molar-refractivity contribution in [3.8, 4) is 0 Å². The summed E-state index contributed by atoms with van der Waals surface area (Å²) in [5, 5.41) is 0. The minimum atomic E-state index is 0.00954. The first-order valence-electron chi connectivity index (χ1n) is 4.47. The van der Waals surface area contributed by atoms with Crippen molar-refractivity contribution >= 4 is 0 Å². The Morgan fingerprint density at radius 3 is 2.36 bits per heavy atom. The summed E-state index contributed by atoms with van der Waals surface area (Å²) in [7, 11) is 0. The second-order valence-corrected chi connectivity index (χ2v) is 3.38. The molecule has 1 heterocycles. The molecule has 1 aliphatic heterocycles. The number of hydrogen-bond acceptors (Lipinski definition) is 2. The molecule has 2 heteroatoms. The van der Waals surface area contributed by atoms with E-state index in [2.05, 4.69) is 13.8 Å². The first kappa shape index (κ1) is 9.01. The fraction of sp³-hybridized carbons (Fsp3) is 1.00. The van der Waals surface area contributed by atoms with Crippen LogP contribution in [0.2, 0.25) is 0 Å². The van der Waals surface area contributed by atoms with Crippen molar-refractivity contribution in [2.75, 3.05) is 13.2 Å². The Morgan fingerprint density at radius 1 is 1.36 bits per heavy atom. The highest BCUT2D eigenvalue weighted by atomic mass is 16.7. The second-order valence-electron chi connectivity index (χ2n) is 3.38. The number of hydrogen-bond donors (Lipinski definition) is 0. The molecule has 0 aliphatic carbocycles. The van der Waals surface area contributed by atoms with Gasteiger partial charge in [-0.05, 0) is 12.8 Å². The van der Waals surface area contributed by atoms with Crippen LogP contribution in [0.15, 0.2) is 0 Å². The fourth-order valence-corrected chi connectivity index (χ4v) is 1.28. The predicted molar refractivity (Wildman–Crippen MR) is 44.3 cm³/mol. The van der Waals surface area contributed by atoms with E-state index in [0.717, 1.165) is 19.1 Å². The lowest BCUT2D eigenvalue weighted by atomic mass is 9.93. The molecule has 0 bridgehead atoms. The van der Waals surface area contributed by atoms with Crippen molar-refractivity contribution in [1.29, 1.82) is 0 Å². The summed E-state index contributed by atoms with van der Waals surface area (Å²) < 4.78 is 10.8. The zero-order valence-corrected chi connectivity index (χ0v) is 7.67. The van der Waals surface area contributed by atoms with Gasteiger partial charge in [-0.2, -0.15) is 0 Å². The lowest BCUT2D eigenvalue weighted by Crippen LogP contribution is -2.33. The van der Waals surface area contributed by atoms with Crippen molar-refractivity contribution in [3.63, 3.8) is 0 Å². The Labute approximate surface area is 68.9 Å². The van der Waals surface area contributed by atoms with Crippen molar-refractivity contribution in [2.45, 2.75) is 33.5 Å². The van der Waals surface area contributed by atoms with Crippen LogP contribution in [0.5, 0.6) is 0 Å². The van der Waals surface area contributed by atoms with E-state index in [-0.39, 0.29) is 6.29 Å². The molecular formula is C9H18O2. The van der Waals surface area contributed by atoms with Crippen LogP contribution in [0.4, 0.5) is 0 Å². The van der Waals surface area contributed by atoms with Crippen molar-refractivity contribution in [2.24, 2.45) is 11.8 Å². The van der Waals surface area contributed by atoms with Crippen molar-refractivity contribution < 1.29 is 9.47 Å². The van der Waals surface area contributed by atoms with Gasteiger partial charge in [-0.25, -0.2) is 0 Å². The maximum atomic E-state index is 5.39. The second kappa shape index (κ2) is 4.07. The molecule has 1 unspecified atom stereocenters. The summed E-state index contributed by atoms with van der Waals surface area (Å²) in [5.41, 5.74) is 0. The molecule has 1 atom stereocenters. The van der Waals surface area contributed by atoms with Crippen LogP contribution in [-0.4, -0.2) is 19.5 Å². The molecule has 0 aromatic rings. The average Bonchev–Trinajstić information content (AvgIpc) is 2.05. The average molecular weight is 158 g/mol. The van der Waals surface area contributed by atoms with Crippen LogP contribution in [0, 0.1) is 11.8 Å². The maximum absolute atomic E-state index is 5.39. The molecule has 1 rings (SSSR count). The smallest absolute Gasteiger partial charge is 0.154 e. The first-order valence-corrected chi connectivity index (χ1v) is 4.47. The summed E-state index contributed by atoms with van der Waals surface area (Å²) in [6.07, 6.45) is 1.22. The van der Waals surface area contributed by atoms with Gasteiger partial charge in [-0.1, -0.05) is 20.3 Å². The largest absolute Gasteiger partial charge is 0.353 e. The molecule has 1 fully saturated rings.